The normalized spacial score (nSPS) is 16.3. The second-order valence-electron chi connectivity index (χ2n) is 4.88. The lowest BCUT2D eigenvalue weighted by Crippen LogP contribution is -2.26. The highest BCUT2D eigenvalue weighted by atomic mass is 79.9. The number of pyridine rings is 1. The molecule has 0 aromatic carbocycles. The highest BCUT2D eigenvalue weighted by molar-refractivity contribution is 9.10. The minimum Gasteiger partial charge on any atom is -0.444 e. The van der Waals surface area contributed by atoms with Crippen molar-refractivity contribution in [2.45, 2.75) is 31.7 Å². The number of hydrogen-bond acceptors (Lipinski definition) is 5. The molecule has 2 heterocycles. The minimum absolute atomic E-state index is 0.260. The Kier molecular flexibility index (Phi) is 3.45. The third kappa shape index (κ3) is 2.41. The predicted molar refractivity (Wildman–Crippen MR) is 77.3 cm³/mol. The number of furan rings is 1. The van der Waals surface area contributed by atoms with Crippen molar-refractivity contribution in [1.29, 1.82) is 5.26 Å². The molecule has 20 heavy (non-hydrogen) atoms. The summed E-state index contributed by atoms with van der Waals surface area (Å²) >= 11 is 3.50. The van der Waals surface area contributed by atoms with Gasteiger partial charge in [0.15, 0.2) is 5.58 Å². The fraction of sp³-hybridized carbons (Fsp3) is 0.357. The molecular weight excluding hydrogens is 322 g/mol. The van der Waals surface area contributed by atoms with Crippen LogP contribution in [-0.4, -0.2) is 16.8 Å². The number of carbonyl (C=O) groups excluding carboxylic acids is 1. The monoisotopic (exact) mass is 333 g/mol. The first-order valence-electron chi connectivity index (χ1n) is 6.44. The summed E-state index contributed by atoms with van der Waals surface area (Å²) < 4.78 is 6.12. The van der Waals surface area contributed by atoms with Gasteiger partial charge in [-0.15, -0.1) is 0 Å². The van der Waals surface area contributed by atoms with Crippen molar-refractivity contribution >= 4 is 38.5 Å². The van der Waals surface area contributed by atoms with Gasteiger partial charge in [0.1, 0.15) is 17.7 Å². The lowest BCUT2D eigenvalue weighted by atomic mass is 9.94. The number of nitriles is 1. The van der Waals surface area contributed by atoms with Gasteiger partial charge < -0.3 is 9.73 Å². The average molecular weight is 334 g/mol. The Morgan fingerprint density at radius 3 is 2.90 bits per heavy atom. The molecule has 6 heteroatoms. The van der Waals surface area contributed by atoms with E-state index in [1.54, 1.807) is 12.3 Å². The summed E-state index contributed by atoms with van der Waals surface area (Å²) in [4.78, 5) is 15.6. The zero-order valence-corrected chi connectivity index (χ0v) is 12.2. The van der Waals surface area contributed by atoms with E-state index >= 15 is 0 Å². The van der Waals surface area contributed by atoms with Crippen LogP contribution in [0, 0.1) is 11.3 Å². The van der Waals surface area contributed by atoms with Gasteiger partial charge in [-0.05, 0) is 28.8 Å². The van der Waals surface area contributed by atoms with Crippen LogP contribution in [-0.2, 0) is 4.79 Å². The molecule has 2 aromatic heterocycles. The molecule has 1 aliphatic rings. The first-order valence-corrected chi connectivity index (χ1v) is 7.23. The van der Waals surface area contributed by atoms with Crippen molar-refractivity contribution in [1.82, 2.24) is 4.98 Å². The van der Waals surface area contributed by atoms with Crippen LogP contribution in [0.2, 0.25) is 0 Å². The number of hydrogen-bond donors (Lipinski definition) is 1. The number of nitrogens with one attached hydrogen (secondary N) is 1. The van der Waals surface area contributed by atoms with Crippen LogP contribution in [0.1, 0.15) is 31.4 Å². The first kappa shape index (κ1) is 13.1. The van der Waals surface area contributed by atoms with Crippen molar-refractivity contribution in [2.24, 2.45) is 0 Å². The van der Waals surface area contributed by atoms with Crippen LogP contribution in [0.3, 0.4) is 0 Å². The van der Waals surface area contributed by atoms with Gasteiger partial charge in [0.25, 0.3) is 0 Å². The SMILES string of the molecule is N#Cc1cc2c(Br)c(NC3CCC(=O)CC3)ncc2o1. The Morgan fingerprint density at radius 1 is 1.45 bits per heavy atom. The largest absolute Gasteiger partial charge is 0.444 e. The molecular formula is C14H12BrN3O2. The molecule has 0 atom stereocenters. The van der Waals surface area contributed by atoms with Gasteiger partial charge in [-0.25, -0.2) is 4.98 Å². The van der Waals surface area contributed by atoms with Crippen molar-refractivity contribution in [2.75, 3.05) is 5.32 Å². The molecule has 1 saturated carbocycles. The third-order valence-corrected chi connectivity index (χ3v) is 4.31. The third-order valence-electron chi connectivity index (χ3n) is 3.51. The van der Waals surface area contributed by atoms with Gasteiger partial charge >= 0.3 is 0 Å². The van der Waals surface area contributed by atoms with Crippen LogP contribution in [0.5, 0.6) is 0 Å². The highest BCUT2D eigenvalue weighted by Crippen LogP contribution is 2.32. The number of rotatable bonds is 2. The molecule has 0 radical (unpaired) electrons. The molecule has 1 aliphatic carbocycles. The number of nitrogens with zero attached hydrogens (tertiary/aromatic N) is 2. The number of fused-ring (bicyclic) bond motifs is 1. The number of carbonyl (C=O) groups is 1. The molecule has 0 bridgehead atoms. The second-order valence-corrected chi connectivity index (χ2v) is 5.67. The number of Topliss-reactive ketones (excluding diaryl/α,β-unsaturated/α-hetero) is 1. The summed E-state index contributed by atoms with van der Waals surface area (Å²) in [6.45, 7) is 0. The van der Waals surface area contributed by atoms with E-state index in [0.717, 1.165) is 28.5 Å². The molecule has 3 rings (SSSR count). The van der Waals surface area contributed by atoms with Crippen molar-refractivity contribution in [3.05, 3.63) is 22.5 Å². The Bertz CT molecular complexity index is 707. The summed E-state index contributed by atoms with van der Waals surface area (Å²) in [6.07, 6.45) is 4.53. The highest BCUT2D eigenvalue weighted by Gasteiger charge is 2.20. The summed E-state index contributed by atoms with van der Waals surface area (Å²) in [5.41, 5.74) is 0.581. The van der Waals surface area contributed by atoms with E-state index in [4.69, 9.17) is 9.68 Å². The van der Waals surface area contributed by atoms with Crippen molar-refractivity contribution in [3.63, 3.8) is 0 Å². The smallest absolute Gasteiger partial charge is 0.204 e. The van der Waals surface area contributed by atoms with E-state index in [1.165, 1.54) is 0 Å². The van der Waals surface area contributed by atoms with Gasteiger partial charge in [-0.1, -0.05) is 0 Å². The van der Waals surface area contributed by atoms with Gasteiger partial charge in [-0.3, -0.25) is 4.79 Å². The molecule has 5 nitrogen and oxygen atoms in total. The van der Waals surface area contributed by atoms with E-state index in [0.29, 0.717) is 24.2 Å². The fourth-order valence-corrected chi connectivity index (χ4v) is 2.94. The Balaban J connectivity index is 1.86. The lowest BCUT2D eigenvalue weighted by molar-refractivity contribution is -0.120. The van der Waals surface area contributed by atoms with Gasteiger partial charge in [0.05, 0.1) is 10.7 Å². The minimum atomic E-state index is 0.260. The van der Waals surface area contributed by atoms with Crippen LogP contribution < -0.4 is 5.32 Å². The quantitative estimate of drug-likeness (QED) is 0.911. The van der Waals surface area contributed by atoms with E-state index in [9.17, 15) is 4.79 Å². The molecule has 0 unspecified atom stereocenters. The van der Waals surface area contributed by atoms with Gasteiger partial charge in [-0.2, -0.15) is 5.26 Å². The van der Waals surface area contributed by atoms with Gasteiger partial charge in [0, 0.05) is 30.3 Å². The average Bonchev–Trinajstić information content (AvgIpc) is 2.88. The van der Waals surface area contributed by atoms with Gasteiger partial charge in [0.2, 0.25) is 5.76 Å². The van der Waals surface area contributed by atoms with Crippen molar-refractivity contribution in [3.8, 4) is 6.07 Å². The Hall–Kier alpha value is -1.87. The second kappa shape index (κ2) is 5.25. The van der Waals surface area contributed by atoms with Crippen LogP contribution >= 0.6 is 15.9 Å². The summed E-state index contributed by atoms with van der Waals surface area (Å²) in [5.74, 6) is 1.32. The topological polar surface area (TPSA) is 78.9 Å². The van der Waals surface area contributed by atoms with E-state index in [1.807, 2.05) is 6.07 Å². The molecule has 2 aromatic rings. The first-order chi connectivity index (χ1) is 9.67. The molecule has 0 aliphatic heterocycles. The molecule has 102 valence electrons. The number of anilines is 1. The summed E-state index contributed by atoms with van der Waals surface area (Å²) in [6, 6.07) is 3.93. The summed E-state index contributed by atoms with van der Waals surface area (Å²) in [7, 11) is 0. The Morgan fingerprint density at radius 2 is 2.20 bits per heavy atom. The zero-order valence-electron chi connectivity index (χ0n) is 10.6. The molecule has 1 fully saturated rings. The van der Waals surface area contributed by atoms with Crippen LogP contribution in [0.25, 0.3) is 11.0 Å². The maximum Gasteiger partial charge on any atom is 0.204 e. The standard InChI is InChI=1S/C14H12BrN3O2/c15-13-11-5-10(6-16)20-12(11)7-17-14(13)18-8-1-3-9(19)4-2-8/h5,7-8H,1-4H2,(H,17,18). The number of halogens is 1. The maximum absolute atomic E-state index is 11.2. The fourth-order valence-electron chi connectivity index (χ4n) is 2.41. The number of aromatic nitrogens is 1. The predicted octanol–water partition coefficient (Wildman–Crippen LogP) is 3.39. The van der Waals surface area contributed by atoms with Crippen molar-refractivity contribution < 1.29 is 9.21 Å². The molecule has 0 spiro atoms. The van der Waals surface area contributed by atoms with E-state index in [-0.39, 0.29) is 11.8 Å². The van der Waals surface area contributed by atoms with E-state index < -0.39 is 0 Å². The molecule has 1 N–H and O–H groups in total. The van der Waals surface area contributed by atoms with Crippen LogP contribution in [0.15, 0.2) is 21.2 Å². The summed E-state index contributed by atoms with van der Waals surface area (Å²) in [5, 5.41) is 13.0. The zero-order chi connectivity index (χ0) is 14.1. The lowest BCUT2D eigenvalue weighted by Gasteiger charge is -2.23. The molecule has 0 saturated heterocycles. The number of ketones is 1. The van der Waals surface area contributed by atoms with Crippen LogP contribution in [0.4, 0.5) is 5.82 Å². The maximum atomic E-state index is 11.2. The van der Waals surface area contributed by atoms with E-state index in [2.05, 4.69) is 26.2 Å². The molecule has 0 amide bonds. The Labute approximate surface area is 124 Å².